The van der Waals surface area contributed by atoms with Crippen molar-refractivity contribution in [2.24, 2.45) is 10.5 Å². The number of carbonyl (C=O) groups is 1. The van der Waals surface area contributed by atoms with Gasteiger partial charge in [0.1, 0.15) is 18.9 Å². The molecule has 136 valence electrons. The number of ether oxygens (including phenoxy) is 2. The Morgan fingerprint density at radius 1 is 1.52 bits per heavy atom. The normalized spacial score (nSPS) is 23.1. The zero-order chi connectivity index (χ0) is 18.8. The summed E-state index contributed by atoms with van der Waals surface area (Å²) in [6.07, 6.45) is 0.221. The van der Waals surface area contributed by atoms with Gasteiger partial charge in [-0.3, -0.25) is 19.1 Å². The Kier molecular flexibility index (Phi) is 5.34. The zero-order valence-electron chi connectivity index (χ0n) is 14.6. The number of nitrogens with one attached hydrogen (secondary N) is 1. The van der Waals surface area contributed by atoms with Crippen LogP contribution in [0.15, 0.2) is 20.9 Å². The second kappa shape index (κ2) is 7.12. The van der Waals surface area contributed by atoms with Crippen molar-refractivity contribution < 1.29 is 14.3 Å². The van der Waals surface area contributed by atoms with Crippen LogP contribution in [0.25, 0.3) is 10.4 Å². The van der Waals surface area contributed by atoms with Crippen LogP contribution in [-0.2, 0) is 14.3 Å². The second-order valence-corrected chi connectivity index (χ2v) is 6.96. The Morgan fingerprint density at radius 3 is 2.80 bits per heavy atom. The van der Waals surface area contributed by atoms with Gasteiger partial charge < -0.3 is 9.47 Å². The van der Waals surface area contributed by atoms with Gasteiger partial charge >= 0.3 is 11.7 Å². The number of aromatic amines is 1. The minimum Gasteiger partial charge on any atom is -0.463 e. The van der Waals surface area contributed by atoms with E-state index in [-0.39, 0.29) is 13.0 Å². The number of rotatable bonds is 4. The molecule has 1 aromatic rings. The van der Waals surface area contributed by atoms with Gasteiger partial charge in [0.05, 0.1) is 11.5 Å². The molecule has 0 spiro atoms. The highest BCUT2D eigenvalue weighted by Gasteiger charge is 2.37. The average Bonchev–Trinajstić information content (AvgIpc) is 2.90. The van der Waals surface area contributed by atoms with Gasteiger partial charge in [-0.1, -0.05) is 5.11 Å². The molecule has 2 heterocycles. The number of hydrogen-bond donors (Lipinski definition) is 1. The van der Waals surface area contributed by atoms with Gasteiger partial charge in [0.25, 0.3) is 5.56 Å². The molecule has 1 N–H and O–H groups in total. The van der Waals surface area contributed by atoms with E-state index in [0.29, 0.717) is 5.56 Å². The molecule has 1 aliphatic rings. The Bertz CT molecular complexity index is 815. The SMILES string of the molecule is Cc1cn([C@H]2C[C@H](N=[N+]=[N-])[C@@H](COC(=O)C(C)(C)C)O2)c(=O)[nH]c1=O. The van der Waals surface area contributed by atoms with Crippen molar-refractivity contribution in [1.82, 2.24) is 9.55 Å². The molecular formula is C15H21N5O5. The van der Waals surface area contributed by atoms with E-state index in [1.165, 1.54) is 10.8 Å². The summed E-state index contributed by atoms with van der Waals surface area (Å²) < 4.78 is 12.2. The molecular weight excluding hydrogens is 330 g/mol. The molecule has 0 saturated carbocycles. The van der Waals surface area contributed by atoms with Crippen molar-refractivity contribution in [2.45, 2.75) is 52.5 Å². The van der Waals surface area contributed by atoms with Crippen molar-refractivity contribution in [3.63, 3.8) is 0 Å². The molecule has 0 unspecified atom stereocenters. The number of aromatic nitrogens is 2. The highest BCUT2D eigenvalue weighted by atomic mass is 16.6. The van der Waals surface area contributed by atoms with Gasteiger partial charge in [-0.15, -0.1) is 0 Å². The van der Waals surface area contributed by atoms with E-state index in [2.05, 4.69) is 15.0 Å². The largest absolute Gasteiger partial charge is 0.463 e. The maximum absolute atomic E-state index is 12.0. The van der Waals surface area contributed by atoms with E-state index in [1.807, 2.05) is 0 Å². The maximum atomic E-state index is 12.0. The fourth-order valence-corrected chi connectivity index (χ4v) is 2.40. The molecule has 0 aromatic carbocycles. The summed E-state index contributed by atoms with van der Waals surface area (Å²) in [6.45, 7) is 6.65. The number of azide groups is 1. The molecule has 0 amide bonds. The molecule has 10 heteroatoms. The molecule has 0 radical (unpaired) electrons. The van der Waals surface area contributed by atoms with Gasteiger partial charge in [0.15, 0.2) is 0 Å². The molecule has 10 nitrogen and oxygen atoms in total. The van der Waals surface area contributed by atoms with Gasteiger partial charge in [-0.2, -0.15) is 0 Å². The topological polar surface area (TPSA) is 139 Å². The lowest BCUT2D eigenvalue weighted by atomic mass is 9.97. The number of nitrogens with zero attached hydrogens (tertiary/aromatic N) is 4. The molecule has 0 bridgehead atoms. The van der Waals surface area contributed by atoms with Gasteiger partial charge in [-0.05, 0) is 33.2 Å². The van der Waals surface area contributed by atoms with Gasteiger partial charge in [0, 0.05) is 23.1 Å². The Morgan fingerprint density at radius 2 is 2.20 bits per heavy atom. The van der Waals surface area contributed by atoms with E-state index < -0.39 is 41.0 Å². The summed E-state index contributed by atoms with van der Waals surface area (Å²) in [6, 6.07) is -0.595. The van der Waals surface area contributed by atoms with Crippen molar-refractivity contribution in [3.8, 4) is 0 Å². The third-order valence-electron chi connectivity index (χ3n) is 3.85. The number of H-pyrrole nitrogens is 1. The van der Waals surface area contributed by atoms with Gasteiger partial charge in [0.2, 0.25) is 0 Å². The summed E-state index contributed by atoms with van der Waals surface area (Å²) in [7, 11) is 0. The lowest BCUT2D eigenvalue weighted by Crippen LogP contribution is -2.34. The first-order valence-corrected chi connectivity index (χ1v) is 7.82. The van der Waals surface area contributed by atoms with Crippen LogP contribution in [0.5, 0.6) is 0 Å². The molecule has 1 saturated heterocycles. The Balaban J connectivity index is 2.19. The predicted octanol–water partition coefficient (Wildman–Crippen LogP) is 1.40. The van der Waals surface area contributed by atoms with Crippen LogP contribution < -0.4 is 11.2 Å². The molecule has 25 heavy (non-hydrogen) atoms. The lowest BCUT2D eigenvalue weighted by molar-refractivity contribution is -0.157. The fourth-order valence-electron chi connectivity index (χ4n) is 2.40. The van der Waals surface area contributed by atoms with Crippen molar-refractivity contribution in [1.29, 1.82) is 0 Å². The highest BCUT2D eigenvalue weighted by molar-refractivity contribution is 5.75. The molecule has 1 aliphatic heterocycles. The van der Waals surface area contributed by atoms with Crippen LogP contribution in [0.1, 0.15) is 39.0 Å². The van der Waals surface area contributed by atoms with Crippen LogP contribution in [0.3, 0.4) is 0 Å². The molecule has 2 rings (SSSR count). The van der Waals surface area contributed by atoms with E-state index in [0.717, 1.165) is 0 Å². The van der Waals surface area contributed by atoms with E-state index in [1.54, 1.807) is 27.7 Å². The second-order valence-electron chi connectivity index (χ2n) is 6.96. The number of aryl methyl sites for hydroxylation is 1. The minimum atomic E-state index is -0.725. The van der Waals surface area contributed by atoms with Crippen molar-refractivity contribution >= 4 is 5.97 Å². The summed E-state index contributed by atoms with van der Waals surface area (Å²) in [4.78, 5) is 40.3. The van der Waals surface area contributed by atoms with E-state index in [4.69, 9.17) is 15.0 Å². The highest BCUT2D eigenvalue weighted by Crippen LogP contribution is 2.30. The fraction of sp³-hybridized carbons (Fsp3) is 0.667. The number of hydrogen-bond acceptors (Lipinski definition) is 6. The lowest BCUT2D eigenvalue weighted by Gasteiger charge is -2.20. The minimum absolute atomic E-state index is 0.0899. The third-order valence-corrected chi connectivity index (χ3v) is 3.85. The summed E-state index contributed by atoms with van der Waals surface area (Å²) in [5.41, 5.74) is 7.32. The van der Waals surface area contributed by atoms with Crippen molar-refractivity contribution in [2.75, 3.05) is 6.61 Å². The van der Waals surface area contributed by atoms with E-state index >= 15 is 0 Å². The Labute approximate surface area is 143 Å². The van der Waals surface area contributed by atoms with Crippen molar-refractivity contribution in [3.05, 3.63) is 43.0 Å². The van der Waals surface area contributed by atoms with Crippen LogP contribution in [0, 0.1) is 12.3 Å². The molecule has 1 fully saturated rings. The molecule has 3 atom stereocenters. The molecule has 0 aliphatic carbocycles. The van der Waals surface area contributed by atoms with Crippen LogP contribution in [0.4, 0.5) is 0 Å². The maximum Gasteiger partial charge on any atom is 0.330 e. The summed E-state index contributed by atoms with van der Waals surface area (Å²) >= 11 is 0. The first-order valence-electron chi connectivity index (χ1n) is 7.82. The Hall–Kier alpha value is -2.58. The summed E-state index contributed by atoms with van der Waals surface area (Å²) in [5, 5.41) is 3.67. The standard InChI is InChI=1S/C15H21N5O5/c1-8-6-20(14(23)17-12(8)21)11-5-9(18-19-16)10(25-11)7-24-13(22)15(2,3)4/h6,9-11H,5,7H2,1-4H3,(H,17,21,23)/t9-,10+,11+/m0/s1. The average molecular weight is 351 g/mol. The molecule has 1 aromatic heterocycles. The predicted molar refractivity (Wildman–Crippen MR) is 87.9 cm³/mol. The first kappa shape index (κ1) is 18.8. The first-order chi connectivity index (χ1) is 11.6. The zero-order valence-corrected chi connectivity index (χ0v) is 14.6. The smallest absolute Gasteiger partial charge is 0.330 e. The number of carbonyl (C=O) groups excluding carboxylic acids is 1. The third kappa shape index (κ3) is 4.28. The van der Waals surface area contributed by atoms with E-state index in [9.17, 15) is 14.4 Å². The quantitative estimate of drug-likeness (QED) is 0.378. The monoisotopic (exact) mass is 351 g/mol. The van der Waals surface area contributed by atoms with Crippen LogP contribution in [-0.4, -0.2) is 34.3 Å². The van der Waals surface area contributed by atoms with Crippen LogP contribution >= 0.6 is 0 Å². The number of esters is 1. The van der Waals surface area contributed by atoms with Crippen LogP contribution in [0.2, 0.25) is 0 Å². The van der Waals surface area contributed by atoms with Gasteiger partial charge in [-0.25, -0.2) is 4.79 Å². The summed E-state index contributed by atoms with van der Waals surface area (Å²) in [5.74, 6) is -0.406.